The normalized spacial score (nSPS) is 11.1. The summed E-state index contributed by atoms with van der Waals surface area (Å²) in [4.78, 5) is 22.4. The molecule has 0 rings (SSSR count). The summed E-state index contributed by atoms with van der Waals surface area (Å²) < 4.78 is 0. The van der Waals surface area contributed by atoms with Crippen molar-refractivity contribution in [3.8, 4) is 0 Å². The summed E-state index contributed by atoms with van der Waals surface area (Å²) in [6, 6.07) is 0. The lowest BCUT2D eigenvalue weighted by molar-refractivity contribution is -0.137. The van der Waals surface area contributed by atoms with Gasteiger partial charge in [0.25, 0.3) is 0 Å². The summed E-state index contributed by atoms with van der Waals surface area (Å²) in [7, 11) is 0. The van der Waals surface area contributed by atoms with Crippen molar-refractivity contribution in [3.63, 3.8) is 0 Å². The molecule has 0 spiro atoms. The van der Waals surface area contributed by atoms with Gasteiger partial charge in [-0.05, 0) is 32.1 Å². The molecule has 0 saturated carbocycles. The number of unbranched alkanes of at least 4 members (excludes halogenated alkanes) is 12. The van der Waals surface area contributed by atoms with Crippen LogP contribution >= 0.6 is 0 Å². The minimum Gasteiger partial charge on any atom is -0.480 e. The molecule has 2 N–H and O–H groups in total. The van der Waals surface area contributed by atoms with Crippen LogP contribution in [0.15, 0.2) is 12.2 Å². The highest BCUT2D eigenvalue weighted by Gasteiger charge is 2.14. The largest absolute Gasteiger partial charge is 0.480 e. The van der Waals surface area contributed by atoms with Gasteiger partial charge in [0.15, 0.2) is 0 Å². The topological polar surface area (TPSA) is 77.8 Å². The lowest BCUT2D eigenvalue weighted by atomic mass is 10.1. The summed E-state index contributed by atoms with van der Waals surface area (Å²) >= 11 is 0. The summed E-state index contributed by atoms with van der Waals surface area (Å²) in [6.07, 6.45) is 20.3. The molecule has 1 amide bonds. The van der Waals surface area contributed by atoms with Gasteiger partial charge in [0.05, 0.1) is 0 Å². The second-order valence-electron chi connectivity index (χ2n) is 7.04. The van der Waals surface area contributed by atoms with Crippen molar-refractivity contribution in [2.24, 2.45) is 0 Å². The highest BCUT2D eigenvalue weighted by atomic mass is 16.4. The Kier molecular flexibility index (Phi) is 17.2. The van der Waals surface area contributed by atoms with Crippen molar-refractivity contribution in [1.29, 1.82) is 0 Å². The van der Waals surface area contributed by atoms with Gasteiger partial charge in [0.2, 0.25) is 0 Å². The predicted molar refractivity (Wildman–Crippen MR) is 107 cm³/mol. The number of carbonyl (C=O) groups is 2. The quantitative estimate of drug-likeness (QED) is 0.226. The Morgan fingerprint density at radius 2 is 1.19 bits per heavy atom. The van der Waals surface area contributed by atoms with Crippen molar-refractivity contribution < 1.29 is 19.8 Å². The van der Waals surface area contributed by atoms with Crippen LogP contribution in [-0.2, 0) is 4.79 Å². The van der Waals surface area contributed by atoms with Crippen LogP contribution in [-0.4, -0.2) is 40.3 Å². The highest BCUT2D eigenvalue weighted by Crippen LogP contribution is 2.10. The van der Waals surface area contributed by atoms with Crippen LogP contribution < -0.4 is 0 Å². The van der Waals surface area contributed by atoms with Crippen LogP contribution in [0.3, 0.4) is 0 Å². The van der Waals surface area contributed by atoms with Gasteiger partial charge in [0, 0.05) is 6.54 Å². The van der Waals surface area contributed by atoms with Crippen molar-refractivity contribution in [1.82, 2.24) is 4.90 Å². The van der Waals surface area contributed by atoms with Crippen LogP contribution in [0.4, 0.5) is 4.79 Å². The number of rotatable bonds is 18. The molecule has 152 valence electrons. The molecule has 0 atom stereocenters. The lowest BCUT2D eigenvalue weighted by Crippen LogP contribution is -2.35. The molecule has 26 heavy (non-hydrogen) atoms. The van der Waals surface area contributed by atoms with Crippen LogP contribution in [0.1, 0.15) is 96.8 Å². The molecule has 0 radical (unpaired) electrons. The van der Waals surface area contributed by atoms with E-state index in [2.05, 4.69) is 19.1 Å². The minimum absolute atomic E-state index is 0.308. The van der Waals surface area contributed by atoms with Crippen molar-refractivity contribution in [2.75, 3.05) is 13.1 Å². The van der Waals surface area contributed by atoms with Gasteiger partial charge in [-0.2, -0.15) is 0 Å². The van der Waals surface area contributed by atoms with E-state index in [1.54, 1.807) is 0 Å². The van der Waals surface area contributed by atoms with E-state index < -0.39 is 18.6 Å². The molecular formula is C21H39NO4. The number of hydrogen-bond donors (Lipinski definition) is 2. The van der Waals surface area contributed by atoms with Gasteiger partial charge in [-0.15, -0.1) is 0 Å². The number of hydrogen-bond acceptors (Lipinski definition) is 2. The van der Waals surface area contributed by atoms with E-state index in [4.69, 9.17) is 10.2 Å². The summed E-state index contributed by atoms with van der Waals surface area (Å²) in [5, 5.41) is 17.6. The van der Waals surface area contributed by atoms with Crippen molar-refractivity contribution in [2.45, 2.75) is 96.8 Å². The van der Waals surface area contributed by atoms with E-state index >= 15 is 0 Å². The van der Waals surface area contributed by atoms with Gasteiger partial charge in [-0.1, -0.05) is 76.9 Å². The third-order valence-electron chi connectivity index (χ3n) is 4.54. The molecule has 0 aliphatic heterocycles. The molecule has 0 bridgehead atoms. The molecule has 0 aromatic carbocycles. The fourth-order valence-corrected chi connectivity index (χ4v) is 2.96. The molecule has 5 nitrogen and oxygen atoms in total. The van der Waals surface area contributed by atoms with E-state index in [0.717, 1.165) is 37.0 Å². The smallest absolute Gasteiger partial charge is 0.407 e. The first-order valence-corrected chi connectivity index (χ1v) is 10.4. The van der Waals surface area contributed by atoms with E-state index in [0.29, 0.717) is 6.54 Å². The Hall–Kier alpha value is -1.52. The number of aliphatic carboxylic acids is 1. The Bertz CT molecular complexity index is 382. The Morgan fingerprint density at radius 1 is 0.731 bits per heavy atom. The first-order chi connectivity index (χ1) is 12.6. The highest BCUT2D eigenvalue weighted by molar-refractivity contribution is 5.75. The van der Waals surface area contributed by atoms with Crippen LogP contribution in [0.5, 0.6) is 0 Å². The number of carboxylic acid groups (broad SMARTS) is 2. The second kappa shape index (κ2) is 18.3. The Morgan fingerprint density at radius 3 is 1.65 bits per heavy atom. The SMILES string of the molecule is CCCCCCCC/C=C\CCCCCCCCN(CC(=O)O)C(=O)O. The fourth-order valence-electron chi connectivity index (χ4n) is 2.96. The summed E-state index contributed by atoms with van der Waals surface area (Å²) in [5.41, 5.74) is 0. The molecule has 0 unspecified atom stereocenters. The first kappa shape index (κ1) is 24.5. The van der Waals surface area contributed by atoms with Gasteiger partial charge < -0.3 is 10.2 Å². The molecule has 0 aromatic heterocycles. The Labute approximate surface area is 159 Å². The average Bonchev–Trinajstić information content (AvgIpc) is 2.59. The van der Waals surface area contributed by atoms with Crippen LogP contribution in [0.25, 0.3) is 0 Å². The zero-order chi connectivity index (χ0) is 19.5. The van der Waals surface area contributed by atoms with Crippen molar-refractivity contribution >= 4 is 12.1 Å². The molecule has 0 heterocycles. The lowest BCUT2D eigenvalue weighted by Gasteiger charge is -2.16. The third-order valence-corrected chi connectivity index (χ3v) is 4.54. The predicted octanol–water partition coefficient (Wildman–Crippen LogP) is 6.09. The van der Waals surface area contributed by atoms with Crippen molar-refractivity contribution in [3.05, 3.63) is 12.2 Å². The number of amides is 1. The fraction of sp³-hybridized carbons (Fsp3) is 0.810. The first-order valence-electron chi connectivity index (χ1n) is 10.4. The van der Waals surface area contributed by atoms with E-state index in [1.165, 1.54) is 57.8 Å². The van der Waals surface area contributed by atoms with Gasteiger partial charge in [0.1, 0.15) is 6.54 Å². The van der Waals surface area contributed by atoms with Crippen LogP contribution in [0, 0.1) is 0 Å². The van der Waals surface area contributed by atoms with E-state index in [1.807, 2.05) is 0 Å². The maximum atomic E-state index is 10.9. The third kappa shape index (κ3) is 17.3. The summed E-state index contributed by atoms with van der Waals surface area (Å²) in [5.74, 6) is -1.10. The van der Waals surface area contributed by atoms with E-state index in [-0.39, 0.29) is 0 Å². The molecule has 0 aromatic rings. The van der Waals surface area contributed by atoms with Crippen LogP contribution in [0.2, 0.25) is 0 Å². The standard InChI is InChI=1S/C21H39NO4/c1-2-3-4-5-6-7-8-9-10-11-12-13-14-15-16-17-18-22(21(25)26)19-20(23)24/h9-10H,2-8,11-19H2,1H3,(H,23,24)(H,25,26)/b10-9-. The van der Waals surface area contributed by atoms with Gasteiger partial charge in [-0.3, -0.25) is 9.69 Å². The number of carboxylic acids is 1. The minimum atomic E-state index is -1.15. The number of allylic oxidation sites excluding steroid dienone is 2. The maximum Gasteiger partial charge on any atom is 0.407 e. The average molecular weight is 370 g/mol. The van der Waals surface area contributed by atoms with Gasteiger partial charge in [-0.25, -0.2) is 4.79 Å². The molecule has 5 heteroatoms. The molecule has 0 aliphatic carbocycles. The maximum absolute atomic E-state index is 10.9. The second-order valence-corrected chi connectivity index (χ2v) is 7.04. The van der Waals surface area contributed by atoms with E-state index in [9.17, 15) is 9.59 Å². The Balaban J connectivity index is 3.36. The monoisotopic (exact) mass is 369 g/mol. The molecule has 0 saturated heterocycles. The molecular weight excluding hydrogens is 330 g/mol. The zero-order valence-electron chi connectivity index (χ0n) is 16.6. The molecule has 0 fully saturated rings. The van der Waals surface area contributed by atoms with Gasteiger partial charge >= 0.3 is 12.1 Å². The molecule has 0 aliphatic rings. The zero-order valence-corrected chi connectivity index (χ0v) is 16.6. The summed E-state index contributed by atoms with van der Waals surface area (Å²) in [6.45, 7) is 2.13. The number of nitrogens with zero attached hydrogens (tertiary/aromatic N) is 1.